The van der Waals surface area contributed by atoms with Crippen molar-refractivity contribution < 1.29 is 14.2 Å². The van der Waals surface area contributed by atoms with Crippen LogP contribution in [-0.2, 0) is 14.2 Å². The summed E-state index contributed by atoms with van der Waals surface area (Å²) in [7, 11) is 3.41. The maximum absolute atomic E-state index is 5.39. The van der Waals surface area contributed by atoms with E-state index in [1.165, 1.54) is 0 Å². The molecule has 3 radical (unpaired) electrons. The van der Waals surface area contributed by atoms with E-state index in [0.717, 1.165) is 5.57 Å². The minimum Gasteiger partial charge on any atom is -0.372 e. The largest absolute Gasteiger partial charge is 0.372 e. The summed E-state index contributed by atoms with van der Waals surface area (Å²) in [6.45, 7) is 11.5. The number of hydrogen-bond acceptors (Lipinski definition) is 3. The van der Waals surface area contributed by atoms with Crippen LogP contribution in [0.5, 0.6) is 0 Å². The van der Waals surface area contributed by atoms with Crippen LogP contribution in [0.2, 0.25) is 0 Å². The van der Waals surface area contributed by atoms with Gasteiger partial charge >= 0.3 is 0 Å². The van der Waals surface area contributed by atoms with E-state index >= 15 is 0 Å². The van der Waals surface area contributed by atoms with E-state index in [-0.39, 0.29) is 0 Å². The van der Waals surface area contributed by atoms with Gasteiger partial charge in [0.2, 0.25) is 0 Å². The smallest absolute Gasteiger partial charge is 0.166 e. The maximum Gasteiger partial charge on any atom is 0.166 e. The van der Waals surface area contributed by atoms with Crippen LogP contribution in [0.15, 0.2) is 12.2 Å². The Hall–Kier alpha value is -0.163. The van der Waals surface area contributed by atoms with E-state index in [1.54, 1.807) is 0 Å². The molecule has 0 amide bonds. The summed E-state index contributed by atoms with van der Waals surface area (Å²) in [4.78, 5) is 0. The second kappa shape index (κ2) is 7.17. The van der Waals surface area contributed by atoms with Gasteiger partial charge in [0.15, 0.2) is 5.41 Å². The highest BCUT2D eigenvalue weighted by Crippen LogP contribution is 2.09. The van der Waals surface area contributed by atoms with E-state index in [0.29, 0.717) is 26.4 Å². The van der Waals surface area contributed by atoms with Crippen molar-refractivity contribution in [2.75, 3.05) is 26.4 Å². The predicted octanol–water partition coefficient (Wildman–Crippen LogP) is 1.47. The van der Waals surface area contributed by atoms with Crippen LogP contribution in [-0.4, -0.2) is 42.1 Å². The highest BCUT2D eigenvalue weighted by molar-refractivity contribution is 6.13. The van der Waals surface area contributed by atoms with Gasteiger partial charge in [0.1, 0.15) is 10.2 Å². The van der Waals surface area contributed by atoms with Gasteiger partial charge in [-0.25, -0.2) is 0 Å². The average molecular weight is 215 g/mol. The molecule has 0 N–H and O–H groups in total. The Bertz CT molecular complexity index is 165. The molecule has 0 unspecified atom stereocenters. The van der Waals surface area contributed by atoms with Crippen LogP contribution >= 0.6 is 0 Å². The first kappa shape index (κ1) is 13.8. The van der Waals surface area contributed by atoms with Crippen molar-refractivity contribution in [1.29, 1.82) is 0 Å². The molecule has 3 nitrogen and oxygen atoms in total. The van der Waals surface area contributed by atoms with Crippen LogP contribution in [0.25, 0.3) is 0 Å². The van der Waals surface area contributed by atoms with Gasteiger partial charge in [-0.15, -0.1) is 0 Å². The summed E-state index contributed by atoms with van der Waals surface area (Å²) in [5.74, 6) is 0. The van der Waals surface area contributed by atoms with Crippen LogP contribution in [0.3, 0.4) is 0 Å². The Morgan fingerprint density at radius 3 is 2.14 bits per heavy atom. The Labute approximate surface area is 89.8 Å². The number of hydrogen-bond donors (Lipinski definition) is 0. The zero-order chi connectivity index (χ0) is 11.0. The van der Waals surface area contributed by atoms with Crippen molar-refractivity contribution in [3.05, 3.63) is 12.2 Å². The summed E-state index contributed by atoms with van der Waals surface area (Å²) < 4.78 is 16.1. The molecule has 0 aromatic rings. The number of ether oxygens (including phenoxy) is 3. The molecule has 0 atom stereocenters. The zero-order valence-corrected chi connectivity index (χ0v) is 10.3. The second-order valence-electron chi connectivity index (χ2n) is 3.07. The van der Waals surface area contributed by atoms with Crippen LogP contribution < -0.4 is 0 Å². The topological polar surface area (TPSA) is 27.7 Å². The lowest BCUT2D eigenvalue weighted by atomic mass is 10.4. The van der Waals surface area contributed by atoms with Gasteiger partial charge in [0, 0.05) is 13.2 Å². The van der Waals surface area contributed by atoms with E-state index in [9.17, 15) is 0 Å². The van der Waals surface area contributed by atoms with Gasteiger partial charge in [-0.3, -0.25) is 0 Å². The summed E-state index contributed by atoms with van der Waals surface area (Å²) in [6, 6.07) is 0. The quantitative estimate of drug-likeness (QED) is 0.349. The van der Waals surface area contributed by atoms with E-state index in [1.807, 2.05) is 20.8 Å². The Morgan fingerprint density at radius 1 is 1.29 bits per heavy atom. The Kier molecular flexibility index (Phi) is 7.09. The third-order valence-corrected chi connectivity index (χ3v) is 1.83. The monoisotopic (exact) mass is 215 g/mol. The van der Waals surface area contributed by atoms with E-state index < -0.39 is 5.41 Å². The molecule has 0 aliphatic rings. The molecule has 14 heavy (non-hydrogen) atoms. The van der Waals surface area contributed by atoms with Crippen LogP contribution in [0.1, 0.15) is 20.8 Å². The first-order valence-electron chi connectivity index (χ1n) is 4.79. The molecule has 0 spiro atoms. The molecule has 0 aliphatic heterocycles. The molecular formula is C10H19O3Si. The lowest BCUT2D eigenvalue weighted by Gasteiger charge is -2.29. The number of rotatable bonds is 8. The van der Waals surface area contributed by atoms with Gasteiger partial charge in [0.25, 0.3) is 0 Å². The van der Waals surface area contributed by atoms with Crippen LogP contribution in [0.4, 0.5) is 0 Å². The standard InChI is InChI=1S/C10H19O3Si/c1-5-12-10(14,13-6-2)8-11-7-9(3)4/h3,5-8H2,1-2,4H3. The van der Waals surface area contributed by atoms with Gasteiger partial charge in [-0.05, 0) is 20.8 Å². The third-order valence-electron chi connectivity index (χ3n) is 1.40. The van der Waals surface area contributed by atoms with E-state index in [4.69, 9.17) is 14.2 Å². The van der Waals surface area contributed by atoms with Crippen molar-refractivity contribution in [3.8, 4) is 0 Å². The summed E-state index contributed by atoms with van der Waals surface area (Å²) in [6.07, 6.45) is 0. The molecule has 0 aliphatic carbocycles. The minimum atomic E-state index is -0.820. The van der Waals surface area contributed by atoms with Crippen LogP contribution in [0, 0.1) is 0 Å². The fraction of sp³-hybridized carbons (Fsp3) is 0.800. The Morgan fingerprint density at radius 2 is 1.79 bits per heavy atom. The summed E-state index contributed by atoms with van der Waals surface area (Å²) in [5.41, 5.74) is 0.158. The molecule has 0 bridgehead atoms. The first-order valence-corrected chi connectivity index (χ1v) is 5.29. The van der Waals surface area contributed by atoms with Crippen molar-refractivity contribution in [2.45, 2.75) is 26.2 Å². The highest BCUT2D eigenvalue weighted by atomic mass is 28.1. The molecule has 0 saturated carbocycles. The SMILES string of the molecule is C=C(C)COCC([Si])(OCC)OCC. The van der Waals surface area contributed by atoms with Crippen molar-refractivity contribution in [2.24, 2.45) is 0 Å². The molecule has 0 aromatic heterocycles. The van der Waals surface area contributed by atoms with Gasteiger partial charge < -0.3 is 14.2 Å². The molecule has 0 rings (SSSR count). The highest BCUT2D eigenvalue weighted by Gasteiger charge is 2.24. The molecule has 0 heterocycles. The maximum atomic E-state index is 5.39. The lowest BCUT2D eigenvalue weighted by molar-refractivity contribution is -0.200. The summed E-state index contributed by atoms with van der Waals surface area (Å²) in [5, 5.41) is 0. The second-order valence-corrected chi connectivity index (χ2v) is 3.83. The molecule has 81 valence electrons. The van der Waals surface area contributed by atoms with Crippen molar-refractivity contribution in [1.82, 2.24) is 0 Å². The zero-order valence-electron chi connectivity index (χ0n) is 9.26. The normalized spacial score (nSPS) is 11.7. The predicted molar refractivity (Wildman–Crippen MR) is 57.4 cm³/mol. The molecule has 4 heteroatoms. The molecule has 0 aromatic carbocycles. The fourth-order valence-corrected chi connectivity index (χ4v) is 1.34. The lowest BCUT2D eigenvalue weighted by Crippen LogP contribution is -2.41. The first-order chi connectivity index (χ1) is 6.54. The molecule has 0 fully saturated rings. The summed E-state index contributed by atoms with van der Waals surface area (Å²) >= 11 is 0. The van der Waals surface area contributed by atoms with Gasteiger partial charge in [0.05, 0.1) is 13.2 Å². The average Bonchev–Trinajstić information content (AvgIpc) is 2.03. The van der Waals surface area contributed by atoms with E-state index in [2.05, 4.69) is 16.8 Å². The fourth-order valence-electron chi connectivity index (χ4n) is 0.951. The van der Waals surface area contributed by atoms with Gasteiger partial charge in [-0.1, -0.05) is 12.2 Å². The minimum absolute atomic E-state index is 0.346. The molecule has 0 saturated heterocycles. The molecular weight excluding hydrogens is 196 g/mol. The van der Waals surface area contributed by atoms with Gasteiger partial charge in [-0.2, -0.15) is 0 Å². The Balaban J connectivity index is 3.88. The van der Waals surface area contributed by atoms with Crippen molar-refractivity contribution >= 4 is 10.2 Å². The van der Waals surface area contributed by atoms with Crippen molar-refractivity contribution in [3.63, 3.8) is 0 Å². The third kappa shape index (κ3) is 6.31.